The number of ketones is 1. The fraction of sp³-hybridized carbons (Fsp3) is 0.417. The lowest BCUT2D eigenvalue weighted by Gasteiger charge is -2.26. The molecule has 0 radical (unpaired) electrons. The van der Waals surface area contributed by atoms with Crippen molar-refractivity contribution in [1.82, 2.24) is 8.87 Å². The molecule has 184 valence electrons. The van der Waals surface area contributed by atoms with E-state index in [9.17, 15) is 18.0 Å². The van der Waals surface area contributed by atoms with Crippen LogP contribution in [0.25, 0.3) is 6.08 Å². The first kappa shape index (κ1) is 25.8. The number of benzene rings is 1. The zero-order chi connectivity index (χ0) is 24.7. The highest BCUT2D eigenvalue weighted by molar-refractivity contribution is 7.89. The molecule has 1 fully saturated rings. The zero-order valence-corrected chi connectivity index (χ0v) is 20.5. The summed E-state index contributed by atoms with van der Waals surface area (Å²) in [5.41, 5.74) is 2.88. The molecule has 1 aliphatic rings. The first-order valence-corrected chi connectivity index (χ1v) is 12.4. The highest BCUT2D eigenvalue weighted by atomic mass is 32.2. The molecule has 1 aromatic heterocycles. The van der Waals surface area contributed by atoms with Crippen molar-refractivity contribution in [2.75, 3.05) is 46.6 Å². The molecule has 0 aliphatic carbocycles. The maximum Gasteiger partial charge on any atom is 0.331 e. The number of carbonyl (C=O) groups excluding carboxylic acids is 2. The van der Waals surface area contributed by atoms with Crippen LogP contribution in [0.5, 0.6) is 0 Å². The molecule has 3 rings (SSSR count). The maximum absolute atomic E-state index is 12.7. The summed E-state index contributed by atoms with van der Waals surface area (Å²) in [6.07, 6.45) is 2.72. The van der Waals surface area contributed by atoms with Gasteiger partial charge in [-0.3, -0.25) is 4.79 Å². The third kappa shape index (κ3) is 6.20. The van der Waals surface area contributed by atoms with Gasteiger partial charge < -0.3 is 18.8 Å². The van der Waals surface area contributed by atoms with Gasteiger partial charge in [-0.15, -0.1) is 0 Å². The van der Waals surface area contributed by atoms with Crippen molar-refractivity contribution in [3.63, 3.8) is 0 Å². The summed E-state index contributed by atoms with van der Waals surface area (Å²) in [6, 6.07) is 8.00. The summed E-state index contributed by atoms with van der Waals surface area (Å²) in [6.45, 7) is 5.96. The van der Waals surface area contributed by atoms with Crippen LogP contribution >= 0.6 is 0 Å². The number of nitrogens with zero attached hydrogens (tertiary/aromatic N) is 2. The Hall–Kier alpha value is -2.79. The van der Waals surface area contributed by atoms with Crippen molar-refractivity contribution in [1.29, 1.82) is 0 Å². The predicted octanol–water partition coefficient (Wildman–Crippen LogP) is 2.21. The molecule has 0 unspecified atom stereocenters. The minimum absolute atomic E-state index is 0.183. The van der Waals surface area contributed by atoms with Crippen LogP contribution in [-0.2, 0) is 35.6 Å². The summed E-state index contributed by atoms with van der Waals surface area (Å²) in [5.74, 6) is -0.942. The molecule has 10 heteroatoms. The van der Waals surface area contributed by atoms with Crippen molar-refractivity contribution in [2.45, 2.75) is 25.3 Å². The quantitative estimate of drug-likeness (QED) is 0.286. The van der Waals surface area contributed by atoms with Crippen LogP contribution < -0.4 is 0 Å². The second-order valence-electron chi connectivity index (χ2n) is 7.88. The Morgan fingerprint density at radius 3 is 2.44 bits per heavy atom. The van der Waals surface area contributed by atoms with Crippen molar-refractivity contribution >= 4 is 27.9 Å². The standard InChI is InChI=1S/C24H30N2O7S/c1-18-16-22(19(2)26(18)12-13-31-3)23(27)17-33-24(28)9-6-20-4-7-21(8-5-20)34(29,30)25-10-14-32-15-11-25/h4-9,16H,10-15,17H2,1-3H3/b9-6+. The third-order valence-electron chi connectivity index (χ3n) is 5.64. The average molecular weight is 491 g/mol. The van der Waals surface area contributed by atoms with Crippen LogP contribution in [0.3, 0.4) is 0 Å². The predicted molar refractivity (Wildman–Crippen MR) is 126 cm³/mol. The van der Waals surface area contributed by atoms with Crippen LogP contribution in [0.15, 0.2) is 41.3 Å². The van der Waals surface area contributed by atoms with Gasteiger partial charge in [-0.05, 0) is 43.7 Å². The van der Waals surface area contributed by atoms with Crippen molar-refractivity contribution in [3.05, 3.63) is 58.9 Å². The van der Waals surface area contributed by atoms with Gasteiger partial charge in [0, 0.05) is 49.8 Å². The highest BCUT2D eigenvalue weighted by Crippen LogP contribution is 2.19. The number of aryl methyl sites for hydroxylation is 1. The van der Waals surface area contributed by atoms with E-state index in [1.54, 1.807) is 25.3 Å². The lowest BCUT2D eigenvalue weighted by Crippen LogP contribution is -2.40. The van der Waals surface area contributed by atoms with E-state index in [1.807, 2.05) is 18.4 Å². The number of ether oxygens (including phenoxy) is 3. The number of Topliss-reactive ketones (excluding diaryl/α,β-unsaturated/α-hetero) is 1. The molecule has 1 aliphatic heterocycles. The highest BCUT2D eigenvalue weighted by Gasteiger charge is 2.26. The molecule has 1 saturated heterocycles. The Kier molecular flexibility index (Phi) is 8.78. The molecule has 0 spiro atoms. The first-order valence-electron chi connectivity index (χ1n) is 11.0. The van der Waals surface area contributed by atoms with Gasteiger partial charge in [0.25, 0.3) is 0 Å². The van der Waals surface area contributed by atoms with Crippen molar-refractivity contribution in [2.24, 2.45) is 0 Å². The normalized spacial score (nSPS) is 15.0. The van der Waals surface area contributed by atoms with Gasteiger partial charge in [-0.25, -0.2) is 13.2 Å². The van der Waals surface area contributed by atoms with Gasteiger partial charge in [0.2, 0.25) is 15.8 Å². The second kappa shape index (κ2) is 11.6. The summed E-state index contributed by atoms with van der Waals surface area (Å²) in [7, 11) is -1.95. The SMILES string of the molecule is COCCn1c(C)cc(C(=O)COC(=O)/C=C/c2ccc(S(=O)(=O)N3CCOCC3)cc2)c1C. The van der Waals surface area contributed by atoms with E-state index in [1.165, 1.54) is 28.6 Å². The fourth-order valence-electron chi connectivity index (χ4n) is 3.72. The van der Waals surface area contributed by atoms with Crippen LogP contribution in [0.1, 0.15) is 27.3 Å². The maximum atomic E-state index is 12.7. The summed E-state index contributed by atoms with van der Waals surface area (Å²) < 4.78 is 44.1. The number of hydrogen-bond acceptors (Lipinski definition) is 7. The number of carbonyl (C=O) groups is 2. The summed E-state index contributed by atoms with van der Waals surface area (Å²) in [5, 5.41) is 0. The van der Waals surface area contributed by atoms with Gasteiger partial charge in [0.05, 0.1) is 24.7 Å². The fourth-order valence-corrected chi connectivity index (χ4v) is 5.13. The van der Waals surface area contributed by atoms with Crippen LogP contribution in [0.2, 0.25) is 0 Å². The molecule has 0 N–H and O–H groups in total. The average Bonchev–Trinajstić information content (AvgIpc) is 3.13. The van der Waals surface area contributed by atoms with Gasteiger partial charge in [-0.1, -0.05) is 12.1 Å². The molecule has 9 nitrogen and oxygen atoms in total. The molecular formula is C24H30N2O7S. The Labute approximate surface area is 200 Å². The van der Waals surface area contributed by atoms with E-state index < -0.39 is 16.0 Å². The number of esters is 1. The molecular weight excluding hydrogens is 460 g/mol. The zero-order valence-electron chi connectivity index (χ0n) is 19.7. The van der Waals surface area contributed by atoms with Gasteiger partial charge in [0.1, 0.15) is 0 Å². The number of rotatable bonds is 10. The van der Waals surface area contributed by atoms with Gasteiger partial charge in [0.15, 0.2) is 6.61 Å². The van der Waals surface area contributed by atoms with E-state index in [0.29, 0.717) is 50.6 Å². The smallest absolute Gasteiger partial charge is 0.331 e. The Morgan fingerprint density at radius 2 is 1.79 bits per heavy atom. The molecule has 2 aromatic rings. The molecule has 34 heavy (non-hydrogen) atoms. The minimum Gasteiger partial charge on any atom is -0.454 e. The Morgan fingerprint density at radius 1 is 1.12 bits per heavy atom. The first-order chi connectivity index (χ1) is 16.2. The van der Waals surface area contributed by atoms with Crippen LogP contribution in [0.4, 0.5) is 0 Å². The summed E-state index contributed by atoms with van der Waals surface area (Å²) in [4.78, 5) is 24.8. The Balaban J connectivity index is 1.55. The lowest BCUT2D eigenvalue weighted by molar-refractivity contribution is -0.136. The van der Waals surface area contributed by atoms with Crippen molar-refractivity contribution < 1.29 is 32.2 Å². The lowest BCUT2D eigenvalue weighted by atomic mass is 10.1. The van der Waals surface area contributed by atoms with E-state index in [4.69, 9.17) is 14.2 Å². The summed E-state index contributed by atoms with van der Waals surface area (Å²) >= 11 is 0. The van der Waals surface area contributed by atoms with E-state index in [0.717, 1.165) is 11.4 Å². The second-order valence-corrected chi connectivity index (χ2v) is 9.82. The molecule has 0 saturated carbocycles. The monoisotopic (exact) mass is 490 g/mol. The topological polar surface area (TPSA) is 104 Å². The number of morpholine rings is 1. The van der Waals surface area contributed by atoms with Crippen molar-refractivity contribution in [3.8, 4) is 0 Å². The number of methoxy groups -OCH3 is 1. The molecule has 0 amide bonds. The van der Waals surface area contributed by atoms with E-state index in [-0.39, 0.29) is 17.3 Å². The number of hydrogen-bond donors (Lipinski definition) is 0. The molecule has 2 heterocycles. The van der Waals surface area contributed by atoms with E-state index >= 15 is 0 Å². The van der Waals surface area contributed by atoms with Gasteiger partial charge in [-0.2, -0.15) is 4.31 Å². The van der Waals surface area contributed by atoms with E-state index in [2.05, 4.69) is 0 Å². The molecule has 0 bridgehead atoms. The number of aromatic nitrogens is 1. The molecule has 0 atom stereocenters. The van der Waals surface area contributed by atoms with Gasteiger partial charge >= 0.3 is 5.97 Å². The Bertz CT molecular complexity index is 1140. The molecule has 1 aromatic carbocycles. The van der Waals surface area contributed by atoms with Crippen LogP contribution in [0, 0.1) is 13.8 Å². The van der Waals surface area contributed by atoms with Crippen LogP contribution in [-0.4, -0.2) is 75.7 Å². The third-order valence-corrected chi connectivity index (χ3v) is 7.55. The minimum atomic E-state index is -3.57. The largest absolute Gasteiger partial charge is 0.454 e. The number of sulfonamides is 1.